The number of nitro benzene ring substituents is 1. The molecule has 2 aliphatic heterocycles. The fourth-order valence-electron chi connectivity index (χ4n) is 2.83. The van der Waals surface area contributed by atoms with E-state index < -0.39 is 28.5 Å². The Morgan fingerprint density at radius 3 is 2.50 bits per heavy atom. The average molecular weight is 421 g/mol. The molecule has 30 heavy (non-hydrogen) atoms. The number of carbonyl (C=O) groups is 4. The maximum atomic E-state index is 12.1. The Morgan fingerprint density at radius 2 is 1.87 bits per heavy atom. The number of ether oxygens (including phenoxy) is 2. The summed E-state index contributed by atoms with van der Waals surface area (Å²) in [6, 6.07) is 1.86. The van der Waals surface area contributed by atoms with Gasteiger partial charge in [0.05, 0.1) is 30.7 Å². The summed E-state index contributed by atoms with van der Waals surface area (Å²) in [5, 5.41) is 18.2. The van der Waals surface area contributed by atoms with Crippen molar-refractivity contribution in [1.82, 2.24) is 15.5 Å². The number of hydrogen-bond acceptors (Lipinski definition) is 8. The minimum atomic E-state index is -1.11. The van der Waals surface area contributed by atoms with Crippen LogP contribution in [0.25, 0.3) is 0 Å². The fraction of sp³-hybridized carbons (Fsp3) is 0.412. The quantitative estimate of drug-likeness (QED) is 0.186. The Kier molecular flexibility index (Phi) is 6.29. The lowest BCUT2D eigenvalue weighted by Gasteiger charge is -2.13. The number of nitro groups is 1. The monoisotopic (exact) mass is 421 g/mol. The van der Waals surface area contributed by atoms with E-state index in [0.717, 1.165) is 11.0 Å². The highest BCUT2D eigenvalue weighted by Gasteiger charge is 2.28. The van der Waals surface area contributed by atoms with E-state index in [0.29, 0.717) is 19.6 Å². The molecular formula is C17H19N5O8. The van der Waals surface area contributed by atoms with Crippen LogP contribution in [0, 0.1) is 10.1 Å². The largest absolute Gasteiger partial charge is 0.489 e. The lowest BCUT2D eigenvalue weighted by Crippen LogP contribution is -2.38. The number of rotatable bonds is 6. The van der Waals surface area contributed by atoms with E-state index in [1.165, 1.54) is 6.07 Å². The molecule has 1 aromatic rings. The van der Waals surface area contributed by atoms with Gasteiger partial charge in [0.15, 0.2) is 11.5 Å². The summed E-state index contributed by atoms with van der Waals surface area (Å²) in [4.78, 5) is 58.6. The predicted molar refractivity (Wildman–Crippen MR) is 100 cm³/mol. The molecule has 0 unspecified atom stereocenters. The molecule has 1 fully saturated rings. The van der Waals surface area contributed by atoms with Crippen molar-refractivity contribution in [1.29, 1.82) is 0 Å². The van der Waals surface area contributed by atoms with Gasteiger partial charge in [0, 0.05) is 25.6 Å². The van der Waals surface area contributed by atoms with Crippen LogP contribution >= 0.6 is 0 Å². The van der Waals surface area contributed by atoms with Crippen LogP contribution in [0.4, 0.5) is 16.2 Å². The first-order valence-electron chi connectivity index (χ1n) is 9.12. The maximum absolute atomic E-state index is 12.1. The molecular weight excluding hydrogens is 402 g/mol. The highest BCUT2D eigenvalue weighted by atomic mass is 16.6. The van der Waals surface area contributed by atoms with Gasteiger partial charge < -0.3 is 25.4 Å². The number of amides is 5. The SMILES string of the molecule is O=C(NCCCN1C(=O)CNC1=O)C(=O)Nc1cc2c(cc1[N+](=O)[O-])OCCCO2. The standard InChI is InChI=1S/C17H19N5O8/c23-14-9-19-17(26)21(14)4-1-3-18-15(24)16(25)20-10-7-12-13(8-11(10)22(27)28)30-6-2-5-29-12/h7-8H,1-6,9H2,(H,18,24)(H,19,26)(H,20,25). The Morgan fingerprint density at radius 1 is 1.17 bits per heavy atom. The number of carbonyl (C=O) groups excluding carboxylic acids is 4. The number of fused-ring (bicyclic) bond motifs is 1. The van der Waals surface area contributed by atoms with Crippen molar-refractivity contribution < 1.29 is 33.6 Å². The van der Waals surface area contributed by atoms with Gasteiger partial charge in [0.1, 0.15) is 5.69 Å². The smallest absolute Gasteiger partial charge is 0.324 e. The molecule has 0 spiro atoms. The highest BCUT2D eigenvalue weighted by Crippen LogP contribution is 2.39. The second-order valence-corrected chi connectivity index (χ2v) is 6.39. The molecule has 3 rings (SSSR count). The first-order valence-corrected chi connectivity index (χ1v) is 9.12. The first kappa shape index (κ1) is 20.8. The summed E-state index contributed by atoms with van der Waals surface area (Å²) in [7, 11) is 0. The minimum Gasteiger partial charge on any atom is -0.489 e. The first-order chi connectivity index (χ1) is 14.4. The maximum Gasteiger partial charge on any atom is 0.324 e. The van der Waals surface area contributed by atoms with Gasteiger partial charge in [0.2, 0.25) is 5.91 Å². The van der Waals surface area contributed by atoms with E-state index in [4.69, 9.17) is 9.47 Å². The lowest BCUT2D eigenvalue weighted by atomic mass is 10.2. The topological polar surface area (TPSA) is 169 Å². The third-order valence-electron chi connectivity index (χ3n) is 4.30. The molecule has 1 saturated heterocycles. The van der Waals surface area contributed by atoms with Gasteiger partial charge in [-0.3, -0.25) is 29.4 Å². The Hall–Kier alpha value is -3.90. The number of hydrogen-bond donors (Lipinski definition) is 3. The summed E-state index contributed by atoms with van der Waals surface area (Å²) in [5.74, 6) is -2.09. The summed E-state index contributed by atoms with van der Waals surface area (Å²) in [6.07, 6.45) is 0.833. The van der Waals surface area contributed by atoms with E-state index in [1.54, 1.807) is 0 Å². The van der Waals surface area contributed by atoms with Crippen LogP contribution < -0.4 is 25.4 Å². The summed E-state index contributed by atoms with van der Waals surface area (Å²) in [5.41, 5.74) is -0.650. The summed E-state index contributed by atoms with van der Waals surface area (Å²) in [6.45, 7) is 0.716. The Labute approximate surface area is 169 Å². The molecule has 5 amide bonds. The zero-order valence-electron chi connectivity index (χ0n) is 15.8. The van der Waals surface area contributed by atoms with Crippen LogP contribution in [0.15, 0.2) is 12.1 Å². The number of benzene rings is 1. The number of anilines is 1. The number of imide groups is 1. The highest BCUT2D eigenvalue weighted by molar-refractivity contribution is 6.39. The van der Waals surface area contributed by atoms with Gasteiger partial charge in [-0.15, -0.1) is 0 Å². The van der Waals surface area contributed by atoms with Crippen LogP contribution in [0.2, 0.25) is 0 Å². The molecule has 0 saturated carbocycles. The molecule has 2 heterocycles. The Bertz CT molecular complexity index is 886. The number of urea groups is 1. The zero-order chi connectivity index (χ0) is 21.7. The van der Waals surface area contributed by atoms with Gasteiger partial charge in [-0.2, -0.15) is 0 Å². The molecule has 0 radical (unpaired) electrons. The number of nitrogens with zero attached hydrogens (tertiary/aromatic N) is 2. The van der Waals surface area contributed by atoms with Gasteiger partial charge >= 0.3 is 17.8 Å². The van der Waals surface area contributed by atoms with Crippen molar-refractivity contribution in [3.8, 4) is 11.5 Å². The molecule has 160 valence electrons. The minimum absolute atomic E-state index is 0.0204. The van der Waals surface area contributed by atoms with Gasteiger partial charge in [-0.1, -0.05) is 0 Å². The molecule has 0 atom stereocenters. The van der Waals surface area contributed by atoms with Crippen LogP contribution in [-0.2, 0) is 14.4 Å². The predicted octanol–water partition coefficient (Wildman–Crippen LogP) is -0.247. The van der Waals surface area contributed by atoms with Crippen molar-refractivity contribution in [2.45, 2.75) is 12.8 Å². The van der Waals surface area contributed by atoms with E-state index in [2.05, 4.69) is 16.0 Å². The zero-order valence-corrected chi connectivity index (χ0v) is 15.8. The fourth-order valence-corrected chi connectivity index (χ4v) is 2.83. The van der Waals surface area contributed by atoms with Crippen molar-refractivity contribution in [2.75, 3.05) is 38.2 Å². The van der Waals surface area contributed by atoms with Gasteiger partial charge in [0.25, 0.3) is 5.69 Å². The van der Waals surface area contributed by atoms with Crippen LogP contribution in [0.1, 0.15) is 12.8 Å². The summed E-state index contributed by atoms with van der Waals surface area (Å²) >= 11 is 0. The normalized spacial score (nSPS) is 15.3. The molecule has 0 aromatic heterocycles. The average Bonchev–Trinajstić information content (AvgIpc) is 2.90. The van der Waals surface area contributed by atoms with Crippen LogP contribution in [-0.4, -0.2) is 66.4 Å². The third-order valence-corrected chi connectivity index (χ3v) is 4.30. The number of nitrogens with one attached hydrogen (secondary N) is 3. The van der Waals surface area contributed by atoms with Crippen molar-refractivity contribution >= 4 is 35.1 Å². The molecule has 0 aliphatic carbocycles. The molecule has 3 N–H and O–H groups in total. The van der Waals surface area contributed by atoms with E-state index in [1.807, 2.05) is 0 Å². The molecule has 2 aliphatic rings. The summed E-state index contributed by atoms with van der Waals surface area (Å²) < 4.78 is 10.8. The van der Waals surface area contributed by atoms with Crippen molar-refractivity contribution in [2.24, 2.45) is 0 Å². The molecule has 13 nitrogen and oxygen atoms in total. The van der Waals surface area contributed by atoms with E-state index in [9.17, 15) is 29.3 Å². The Balaban J connectivity index is 1.57. The molecule has 1 aromatic carbocycles. The third kappa shape index (κ3) is 4.74. The van der Waals surface area contributed by atoms with Gasteiger partial charge in [-0.25, -0.2) is 4.79 Å². The van der Waals surface area contributed by atoms with Crippen LogP contribution in [0.5, 0.6) is 11.5 Å². The van der Waals surface area contributed by atoms with E-state index in [-0.39, 0.29) is 49.1 Å². The van der Waals surface area contributed by atoms with Gasteiger partial charge in [-0.05, 0) is 6.42 Å². The second kappa shape index (κ2) is 9.07. The molecule has 0 bridgehead atoms. The van der Waals surface area contributed by atoms with Crippen molar-refractivity contribution in [3.05, 3.63) is 22.2 Å². The van der Waals surface area contributed by atoms with Crippen molar-refractivity contribution in [3.63, 3.8) is 0 Å². The lowest BCUT2D eigenvalue weighted by molar-refractivity contribution is -0.384. The molecule has 13 heteroatoms. The second-order valence-electron chi connectivity index (χ2n) is 6.39. The van der Waals surface area contributed by atoms with E-state index >= 15 is 0 Å². The van der Waals surface area contributed by atoms with Crippen LogP contribution in [0.3, 0.4) is 0 Å².